The fourth-order valence-electron chi connectivity index (χ4n) is 2.35. The Bertz CT molecular complexity index is 688. The number of esters is 1. The summed E-state index contributed by atoms with van der Waals surface area (Å²) in [6, 6.07) is 18.8. The van der Waals surface area contributed by atoms with Crippen LogP contribution in [0, 0.1) is 0 Å². The number of carbonyl (C=O) groups is 1. The second kappa shape index (κ2) is 12.5. The van der Waals surface area contributed by atoms with E-state index in [-0.39, 0.29) is 25.8 Å². The number of phosphoric ester groups is 1. The van der Waals surface area contributed by atoms with Crippen LogP contribution in [0.2, 0.25) is 0 Å². The van der Waals surface area contributed by atoms with Gasteiger partial charge in [-0.25, -0.2) is 4.57 Å². The lowest BCUT2D eigenvalue weighted by Crippen LogP contribution is -2.05. The van der Waals surface area contributed by atoms with E-state index in [1.807, 2.05) is 60.7 Å². The van der Waals surface area contributed by atoms with Gasteiger partial charge in [0.2, 0.25) is 0 Å². The van der Waals surface area contributed by atoms with Crippen molar-refractivity contribution in [3.63, 3.8) is 0 Å². The number of unbranched alkanes of at least 4 members (excludes halogenated alkanes) is 1. The van der Waals surface area contributed by atoms with E-state index in [4.69, 9.17) is 18.3 Å². The Morgan fingerprint density at radius 2 is 1.36 bits per heavy atom. The molecule has 0 spiro atoms. The Kier molecular flexibility index (Phi) is 9.94. The van der Waals surface area contributed by atoms with Crippen LogP contribution in [-0.4, -0.2) is 19.2 Å². The lowest BCUT2D eigenvalue weighted by Gasteiger charge is -2.18. The van der Waals surface area contributed by atoms with E-state index in [1.54, 1.807) is 6.92 Å². The molecular formula is C21H27O6P. The molecule has 152 valence electrons. The fourth-order valence-corrected chi connectivity index (χ4v) is 3.54. The van der Waals surface area contributed by atoms with Crippen LogP contribution >= 0.6 is 7.82 Å². The van der Waals surface area contributed by atoms with Crippen LogP contribution in [0.3, 0.4) is 0 Å². The Hall–Kier alpha value is -1.98. The lowest BCUT2D eigenvalue weighted by molar-refractivity contribution is -0.143. The van der Waals surface area contributed by atoms with Crippen molar-refractivity contribution in [3.8, 4) is 0 Å². The Morgan fingerprint density at radius 1 is 0.821 bits per heavy atom. The molecule has 0 aliphatic carbocycles. The molecule has 7 heteroatoms. The van der Waals surface area contributed by atoms with Crippen molar-refractivity contribution < 1.29 is 27.7 Å². The van der Waals surface area contributed by atoms with Gasteiger partial charge in [0.1, 0.15) is 0 Å². The summed E-state index contributed by atoms with van der Waals surface area (Å²) in [6.45, 7) is 2.54. The van der Waals surface area contributed by atoms with Crippen molar-refractivity contribution in [1.82, 2.24) is 0 Å². The van der Waals surface area contributed by atoms with E-state index in [1.165, 1.54) is 0 Å². The van der Waals surface area contributed by atoms with E-state index in [2.05, 4.69) is 0 Å². The van der Waals surface area contributed by atoms with Crippen LogP contribution in [0.4, 0.5) is 0 Å². The molecule has 0 aromatic heterocycles. The molecule has 0 saturated heterocycles. The van der Waals surface area contributed by atoms with Crippen LogP contribution in [0.25, 0.3) is 0 Å². The van der Waals surface area contributed by atoms with E-state index in [0.29, 0.717) is 25.9 Å². The quantitative estimate of drug-likeness (QED) is 0.256. The molecule has 28 heavy (non-hydrogen) atoms. The normalized spacial score (nSPS) is 11.3. The van der Waals surface area contributed by atoms with Crippen LogP contribution < -0.4 is 0 Å². The van der Waals surface area contributed by atoms with Gasteiger partial charge < -0.3 is 4.74 Å². The second-order valence-electron chi connectivity index (χ2n) is 6.06. The number of hydrogen-bond acceptors (Lipinski definition) is 6. The predicted molar refractivity (Wildman–Crippen MR) is 107 cm³/mol. The number of ether oxygens (including phenoxy) is 1. The van der Waals surface area contributed by atoms with Crippen LogP contribution in [0.15, 0.2) is 60.7 Å². The van der Waals surface area contributed by atoms with Crippen molar-refractivity contribution >= 4 is 13.8 Å². The highest BCUT2D eigenvalue weighted by molar-refractivity contribution is 7.48. The summed E-state index contributed by atoms with van der Waals surface area (Å²) in [5, 5.41) is 0. The smallest absolute Gasteiger partial charge is 0.466 e. The summed E-state index contributed by atoms with van der Waals surface area (Å²) in [5.74, 6) is -0.244. The van der Waals surface area contributed by atoms with Gasteiger partial charge in [0.25, 0.3) is 0 Å². The van der Waals surface area contributed by atoms with Gasteiger partial charge in [0.15, 0.2) is 0 Å². The maximum Gasteiger partial charge on any atom is 0.475 e. The number of rotatable bonds is 13. The minimum Gasteiger partial charge on any atom is -0.466 e. The summed E-state index contributed by atoms with van der Waals surface area (Å²) >= 11 is 0. The topological polar surface area (TPSA) is 71.1 Å². The zero-order valence-corrected chi connectivity index (χ0v) is 17.0. The molecule has 2 aromatic carbocycles. The van der Waals surface area contributed by atoms with Crippen LogP contribution in [-0.2, 0) is 40.9 Å². The summed E-state index contributed by atoms with van der Waals surface area (Å²) in [4.78, 5) is 11.4. The van der Waals surface area contributed by atoms with E-state index in [0.717, 1.165) is 11.1 Å². The third-order valence-corrected chi connectivity index (χ3v) is 5.18. The highest BCUT2D eigenvalue weighted by Crippen LogP contribution is 2.51. The number of hydrogen-bond donors (Lipinski definition) is 0. The molecule has 2 rings (SSSR count). The highest BCUT2D eigenvalue weighted by Gasteiger charge is 2.27. The second-order valence-corrected chi connectivity index (χ2v) is 7.73. The summed E-state index contributed by atoms with van der Waals surface area (Å²) < 4.78 is 34.4. The molecule has 0 unspecified atom stereocenters. The molecule has 0 radical (unpaired) electrons. The van der Waals surface area contributed by atoms with Gasteiger partial charge in [0, 0.05) is 6.42 Å². The first-order chi connectivity index (χ1) is 13.6. The lowest BCUT2D eigenvalue weighted by atomic mass is 10.2. The summed E-state index contributed by atoms with van der Waals surface area (Å²) in [6.07, 6.45) is 1.43. The standard InChI is InChI=1S/C21H27O6P/c1-2-24-21(22)15-9-10-16-25-28(23,26-17-19-11-5-3-6-12-19)27-18-20-13-7-4-8-14-20/h3-8,11-14H,2,9-10,15-18H2,1H3. The van der Waals surface area contributed by atoms with Crippen molar-refractivity contribution in [2.75, 3.05) is 13.2 Å². The zero-order chi connectivity index (χ0) is 20.1. The molecule has 6 nitrogen and oxygen atoms in total. The molecule has 0 bridgehead atoms. The number of phosphoric acid groups is 1. The third kappa shape index (κ3) is 8.81. The van der Waals surface area contributed by atoms with Gasteiger partial charge >= 0.3 is 13.8 Å². The van der Waals surface area contributed by atoms with Crippen molar-refractivity contribution in [1.29, 1.82) is 0 Å². The summed E-state index contributed by atoms with van der Waals surface area (Å²) in [7, 11) is -3.74. The fraction of sp³-hybridized carbons (Fsp3) is 0.381. The van der Waals surface area contributed by atoms with Gasteiger partial charge in [-0.05, 0) is 30.9 Å². The largest absolute Gasteiger partial charge is 0.475 e. The molecule has 0 fully saturated rings. The zero-order valence-electron chi connectivity index (χ0n) is 16.1. The average molecular weight is 406 g/mol. The molecule has 2 aromatic rings. The van der Waals surface area contributed by atoms with Gasteiger partial charge in [0.05, 0.1) is 26.4 Å². The molecule has 0 atom stereocenters. The first-order valence-corrected chi connectivity index (χ1v) is 10.8. The molecule has 0 aliphatic rings. The Morgan fingerprint density at radius 3 is 1.86 bits per heavy atom. The van der Waals surface area contributed by atoms with Gasteiger partial charge in [-0.2, -0.15) is 0 Å². The predicted octanol–water partition coefficient (Wildman–Crippen LogP) is 5.28. The molecule has 0 saturated carbocycles. The van der Waals surface area contributed by atoms with Crippen LogP contribution in [0.5, 0.6) is 0 Å². The summed E-state index contributed by atoms with van der Waals surface area (Å²) in [5.41, 5.74) is 1.74. The van der Waals surface area contributed by atoms with E-state index >= 15 is 0 Å². The van der Waals surface area contributed by atoms with Crippen molar-refractivity contribution in [2.45, 2.75) is 39.4 Å². The monoisotopic (exact) mass is 406 g/mol. The van der Waals surface area contributed by atoms with Crippen molar-refractivity contribution in [2.24, 2.45) is 0 Å². The number of benzene rings is 2. The first kappa shape index (κ1) is 22.3. The Labute approximate surface area is 166 Å². The SMILES string of the molecule is CCOC(=O)CCCCOP(=O)(OCc1ccccc1)OCc1ccccc1. The first-order valence-electron chi connectivity index (χ1n) is 9.38. The van der Waals surface area contributed by atoms with Gasteiger partial charge in [-0.3, -0.25) is 18.4 Å². The highest BCUT2D eigenvalue weighted by atomic mass is 31.2. The van der Waals surface area contributed by atoms with E-state index in [9.17, 15) is 9.36 Å². The van der Waals surface area contributed by atoms with Gasteiger partial charge in [-0.15, -0.1) is 0 Å². The molecule has 0 heterocycles. The average Bonchev–Trinajstić information content (AvgIpc) is 2.72. The van der Waals surface area contributed by atoms with Crippen molar-refractivity contribution in [3.05, 3.63) is 71.8 Å². The molecule has 0 aliphatic heterocycles. The number of carbonyl (C=O) groups excluding carboxylic acids is 1. The Balaban J connectivity index is 1.85. The molecule has 0 amide bonds. The van der Waals surface area contributed by atoms with E-state index < -0.39 is 7.82 Å². The maximum absolute atomic E-state index is 13.0. The third-order valence-electron chi connectivity index (χ3n) is 3.79. The molecule has 0 N–H and O–H groups in total. The van der Waals surface area contributed by atoms with Crippen LogP contribution in [0.1, 0.15) is 37.3 Å². The minimum absolute atomic E-state index is 0.121. The molecular weight excluding hydrogens is 379 g/mol. The minimum atomic E-state index is -3.74. The van der Waals surface area contributed by atoms with Gasteiger partial charge in [-0.1, -0.05) is 60.7 Å². The maximum atomic E-state index is 13.0.